The number of aromatic nitrogens is 4. The molecular weight excluding hydrogens is 230 g/mol. The molecule has 2 aromatic rings. The molecule has 0 radical (unpaired) electrons. The van der Waals surface area contributed by atoms with Gasteiger partial charge in [0, 0.05) is 45.4 Å². The van der Waals surface area contributed by atoms with Gasteiger partial charge in [0.2, 0.25) is 5.95 Å². The number of hydrogen-bond acceptors (Lipinski definition) is 4. The van der Waals surface area contributed by atoms with E-state index in [-0.39, 0.29) is 0 Å². The Kier molecular flexibility index (Phi) is 4.35. The third-order valence-corrected chi connectivity index (χ3v) is 2.68. The Morgan fingerprint density at radius 1 is 1.44 bits per heavy atom. The van der Waals surface area contributed by atoms with E-state index < -0.39 is 0 Å². The second-order valence-corrected chi connectivity index (χ2v) is 4.00. The largest absolute Gasteiger partial charge is 0.385 e. The molecule has 0 aromatic carbocycles. The van der Waals surface area contributed by atoms with Crippen LogP contribution in [0.2, 0.25) is 0 Å². The molecule has 0 atom stereocenters. The molecule has 0 amide bonds. The van der Waals surface area contributed by atoms with Crippen LogP contribution in [0.1, 0.15) is 13.3 Å². The summed E-state index contributed by atoms with van der Waals surface area (Å²) in [7, 11) is 1.71. The van der Waals surface area contributed by atoms with Gasteiger partial charge >= 0.3 is 0 Å². The quantitative estimate of drug-likeness (QED) is 0.761. The first-order valence-corrected chi connectivity index (χ1v) is 6.13. The topological polar surface area (TPSA) is 56.9 Å². The summed E-state index contributed by atoms with van der Waals surface area (Å²) in [6.07, 6.45) is 8.49. The van der Waals surface area contributed by atoms with Crippen molar-refractivity contribution >= 4 is 11.6 Å². The maximum atomic E-state index is 5.05. The molecule has 2 heterocycles. The summed E-state index contributed by atoms with van der Waals surface area (Å²) >= 11 is 0. The number of imidazole rings is 1. The Labute approximate surface area is 107 Å². The van der Waals surface area contributed by atoms with E-state index in [1.165, 1.54) is 0 Å². The molecule has 6 nitrogen and oxygen atoms in total. The van der Waals surface area contributed by atoms with Gasteiger partial charge in [0.1, 0.15) is 0 Å². The van der Waals surface area contributed by atoms with E-state index >= 15 is 0 Å². The van der Waals surface area contributed by atoms with Crippen molar-refractivity contribution < 1.29 is 4.74 Å². The molecule has 0 fully saturated rings. The Balaban J connectivity index is 1.98. The van der Waals surface area contributed by atoms with Crippen LogP contribution in [0.3, 0.4) is 0 Å². The molecule has 0 aliphatic heterocycles. The van der Waals surface area contributed by atoms with Gasteiger partial charge in [-0.3, -0.25) is 4.68 Å². The molecule has 0 saturated carbocycles. The van der Waals surface area contributed by atoms with E-state index in [1.807, 2.05) is 17.1 Å². The summed E-state index contributed by atoms with van der Waals surface area (Å²) < 4.78 is 9.00. The number of anilines is 2. The van der Waals surface area contributed by atoms with Crippen LogP contribution in [0.5, 0.6) is 0 Å². The van der Waals surface area contributed by atoms with Crippen molar-refractivity contribution in [2.24, 2.45) is 0 Å². The van der Waals surface area contributed by atoms with Gasteiger partial charge in [-0.05, 0) is 13.3 Å². The predicted octanol–water partition coefficient (Wildman–Crippen LogP) is 1.88. The van der Waals surface area contributed by atoms with Gasteiger partial charge < -0.3 is 14.6 Å². The maximum absolute atomic E-state index is 5.05. The minimum Gasteiger partial charge on any atom is -0.385 e. The van der Waals surface area contributed by atoms with Gasteiger partial charge in [0.05, 0.1) is 11.9 Å². The molecular formula is C12H19N5O. The van der Waals surface area contributed by atoms with Gasteiger partial charge in [0.15, 0.2) is 0 Å². The molecule has 18 heavy (non-hydrogen) atoms. The zero-order valence-corrected chi connectivity index (χ0v) is 10.8. The summed E-state index contributed by atoms with van der Waals surface area (Å²) in [5.74, 6) is 0.835. The van der Waals surface area contributed by atoms with Crippen LogP contribution in [-0.2, 0) is 17.8 Å². The highest BCUT2D eigenvalue weighted by Crippen LogP contribution is 2.14. The summed E-state index contributed by atoms with van der Waals surface area (Å²) in [5.41, 5.74) is 0.955. The molecule has 0 aliphatic carbocycles. The number of nitrogens with zero attached hydrogens (tertiary/aromatic N) is 4. The number of rotatable bonds is 7. The summed E-state index contributed by atoms with van der Waals surface area (Å²) in [6.45, 7) is 4.57. The molecule has 2 aromatic heterocycles. The average molecular weight is 249 g/mol. The summed E-state index contributed by atoms with van der Waals surface area (Å²) in [6, 6.07) is 0. The minimum atomic E-state index is 0.755. The second kappa shape index (κ2) is 6.20. The van der Waals surface area contributed by atoms with E-state index in [9.17, 15) is 0 Å². The third-order valence-electron chi connectivity index (χ3n) is 2.68. The summed E-state index contributed by atoms with van der Waals surface area (Å²) in [4.78, 5) is 4.30. The fraction of sp³-hybridized carbons (Fsp3) is 0.500. The fourth-order valence-corrected chi connectivity index (χ4v) is 1.72. The lowest BCUT2D eigenvalue weighted by atomic mass is 10.4. The monoisotopic (exact) mass is 249 g/mol. The van der Waals surface area contributed by atoms with E-state index in [4.69, 9.17) is 4.74 Å². The molecule has 0 aliphatic rings. The highest BCUT2D eigenvalue weighted by molar-refractivity contribution is 5.50. The zero-order valence-electron chi connectivity index (χ0n) is 10.8. The lowest BCUT2D eigenvalue weighted by molar-refractivity contribution is 0.190. The first-order valence-electron chi connectivity index (χ1n) is 6.13. The van der Waals surface area contributed by atoms with Crippen molar-refractivity contribution in [3.63, 3.8) is 0 Å². The van der Waals surface area contributed by atoms with Crippen molar-refractivity contribution in [3.05, 3.63) is 24.8 Å². The van der Waals surface area contributed by atoms with Gasteiger partial charge in [-0.1, -0.05) is 0 Å². The van der Waals surface area contributed by atoms with Crippen LogP contribution in [0.4, 0.5) is 11.6 Å². The molecule has 6 heteroatoms. The molecule has 2 rings (SSSR count). The minimum absolute atomic E-state index is 0.755. The molecule has 0 saturated heterocycles. The van der Waals surface area contributed by atoms with Gasteiger partial charge in [-0.25, -0.2) is 4.98 Å². The van der Waals surface area contributed by atoms with Crippen LogP contribution in [0.25, 0.3) is 0 Å². The predicted molar refractivity (Wildman–Crippen MR) is 69.9 cm³/mol. The highest BCUT2D eigenvalue weighted by atomic mass is 16.5. The first kappa shape index (κ1) is 12.6. The normalized spacial score (nSPS) is 10.8. The standard InChI is InChI=1S/C12H19N5O/c1-3-17-10-11(9-14-17)15-12-13-5-7-16(12)6-4-8-18-2/h5,7,9-10H,3-4,6,8H2,1-2H3,(H,13,15). The molecule has 98 valence electrons. The number of aryl methyl sites for hydroxylation is 2. The van der Waals surface area contributed by atoms with Crippen molar-refractivity contribution in [1.82, 2.24) is 19.3 Å². The Hall–Kier alpha value is -1.82. The van der Waals surface area contributed by atoms with E-state index in [0.717, 1.165) is 37.8 Å². The maximum Gasteiger partial charge on any atom is 0.207 e. The van der Waals surface area contributed by atoms with Crippen LogP contribution >= 0.6 is 0 Å². The highest BCUT2D eigenvalue weighted by Gasteiger charge is 2.04. The van der Waals surface area contributed by atoms with Crippen LogP contribution in [0, 0.1) is 0 Å². The Morgan fingerprint density at radius 3 is 3.06 bits per heavy atom. The smallest absolute Gasteiger partial charge is 0.207 e. The third kappa shape index (κ3) is 3.10. The van der Waals surface area contributed by atoms with Gasteiger partial charge in [-0.2, -0.15) is 5.10 Å². The Morgan fingerprint density at radius 2 is 2.33 bits per heavy atom. The lowest BCUT2D eigenvalue weighted by Gasteiger charge is -2.07. The van der Waals surface area contributed by atoms with Crippen molar-refractivity contribution in [3.8, 4) is 0 Å². The SMILES string of the molecule is CCn1cc(Nc2nccn2CCCOC)cn1. The van der Waals surface area contributed by atoms with Crippen LogP contribution < -0.4 is 5.32 Å². The van der Waals surface area contributed by atoms with Gasteiger partial charge in [-0.15, -0.1) is 0 Å². The molecule has 0 bridgehead atoms. The second-order valence-electron chi connectivity index (χ2n) is 4.00. The number of ether oxygens (including phenoxy) is 1. The number of hydrogen-bond donors (Lipinski definition) is 1. The van der Waals surface area contributed by atoms with Crippen LogP contribution in [0.15, 0.2) is 24.8 Å². The molecule has 1 N–H and O–H groups in total. The van der Waals surface area contributed by atoms with Crippen molar-refractivity contribution in [2.45, 2.75) is 26.4 Å². The molecule has 0 spiro atoms. The van der Waals surface area contributed by atoms with E-state index in [1.54, 1.807) is 19.5 Å². The Bertz CT molecular complexity index is 476. The van der Waals surface area contributed by atoms with Crippen molar-refractivity contribution in [1.29, 1.82) is 0 Å². The van der Waals surface area contributed by atoms with Crippen molar-refractivity contribution in [2.75, 3.05) is 19.0 Å². The average Bonchev–Trinajstić information content (AvgIpc) is 3.00. The van der Waals surface area contributed by atoms with E-state index in [0.29, 0.717) is 0 Å². The van der Waals surface area contributed by atoms with E-state index in [2.05, 4.69) is 26.9 Å². The number of methoxy groups -OCH3 is 1. The summed E-state index contributed by atoms with van der Waals surface area (Å²) in [5, 5.41) is 7.48. The zero-order chi connectivity index (χ0) is 12.8. The number of nitrogens with one attached hydrogen (secondary N) is 1. The van der Waals surface area contributed by atoms with Gasteiger partial charge in [0.25, 0.3) is 0 Å². The first-order chi connectivity index (χ1) is 8.83. The fourth-order valence-electron chi connectivity index (χ4n) is 1.72. The van der Waals surface area contributed by atoms with Crippen LogP contribution in [-0.4, -0.2) is 33.0 Å². The molecule has 0 unspecified atom stereocenters. The lowest BCUT2D eigenvalue weighted by Crippen LogP contribution is -2.05.